The van der Waals surface area contributed by atoms with Gasteiger partial charge in [0, 0.05) is 0 Å². The van der Waals surface area contributed by atoms with Crippen molar-refractivity contribution in [3.05, 3.63) is 46.0 Å². The molecule has 0 amide bonds. The summed E-state index contributed by atoms with van der Waals surface area (Å²) >= 11 is 0. The minimum absolute atomic E-state index is 1.01. The van der Waals surface area contributed by atoms with Gasteiger partial charge in [-0.2, -0.15) is 0 Å². The zero-order valence-electron chi connectivity index (χ0n) is 9.99. The molecule has 0 saturated carbocycles. The van der Waals surface area contributed by atoms with E-state index in [-0.39, 0.29) is 0 Å². The van der Waals surface area contributed by atoms with Gasteiger partial charge in [-0.15, -0.1) is 0 Å². The molecule has 0 bridgehead atoms. The van der Waals surface area contributed by atoms with Crippen LogP contribution in [0.5, 0.6) is 0 Å². The molecule has 1 rings (SSSR count). The Kier molecular flexibility index (Phi) is 3.15. The van der Waals surface area contributed by atoms with Crippen LogP contribution in [-0.4, -0.2) is 0 Å². The van der Waals surface area contributed by atoms with E-state index in [0.29, 0.717) is 0 Å². The van der Waals surface area contributed by atoms with Crippen LogP contribution in [0.4, 0.5) is 0 Å². The van der Waals surface area contributed by atoms with Crippen LogP contribution < -0.4 is 0 Å². The molecule has 1 aromatic carbocycles. The van der Waals surface area contributed by atoms with Gasteiger partial charge in [0.15, 0.2) is 0 Å². The van der Waals surface area contributed by atoms with Crippen LogP contribution in [0.25, 0.3) is 0 Å². The second-order valence-electron chi connectivity index (χ2n) is 4.37. The SMILES string of the molecule is C=C(C)Cc1c(C)c(C)cc(C)c1C. The van der Waals surface area contributed by atoms with E-state index >= 15 is 0 Å². The molecule has 14 heavy (non-hydrogen) atoms. The molecule has 0 heterocycles. The highest BCUT2D eigenvalue weighted by Crippen LogP contribution is 2.23. The highest BCUT2D eigenvalue weighted by Gasteiger charge is 2.07. The minimum atomic E-state index is 1.01. The second kappa shape index (κ2) is 4.00. The topological polar surface area (TPSA) is 0 Å². The van der Waals surface area contributed by atoms with Crippen LogP contribution in [0.15, 0.2) is 18.2 Å². The lowest BCUT2D eigenvalue weighted by Gasteiger charge is -2.15. The van der Waals surface area contributed by atoms with Crippen molar-refractivity contribution in [2.75, 3.05) is 0 Å². The van der Waals surface area contributed by atoms with E-state index in [4.69, 9.17) is 0 Å². The molecular formula is C14H20. The summed E-state index contributed by atoms with van der Waals surface area (Å²) in [6.45, 7) is 14.9. The number of allylic oxidation sites excluding steroid dienone is 1. The fourth-order valence-corrected chi connectivity index (χ4v) is 1.87. The standard InChI is InChI=1S/C14H20/c1-9(2)7-14-12(5)10(3)8-11(4)13(14)6/h8H,1,7H2,2-6H3. The first-order valence-corrected chi connectivity index (χ1v) is 5.14. The maximum absolute atomic E-state index is 3.99. The molecule has 0 fully saturated rings. The lowest BCUT2D eigenvalue weighted by molar-refractivity contribution is 1.07. The summed E-state index contributed by atoms with van der Waals surface area (Å²) in [5, 5.41) is 0. The van der Waals surface area contributed by atoms with E-state index in [1.54, 1.807) is 0 Å². The van der Waals surface area contributed by atoms with E-state index in [9.17, 15) is 0 Å². The molecule has 0 atom stereocenters. The Balaban J connectivity index is 3.31. The average molecular weight is 188 g/mol. The van der Waals surface area contributed by atoms with Crippen molar-refractivity contribution in [2.24, 2.45) is 0 Å². The fraction of sp³-hybridized carbons (Fsp3) is 0.429. The smallest absolute Gasteiger partial charge is 0.00671 e. The Morgan fingerprint density at radius 1 is 1.07 bits per heavy atom. The normalized spacial score (nSPS) is 10.4. The maximum Gasteiger partial charge on any atom is -0.00671 e. The number of hydrogen-bond acceptors (Lipinski definition) is 0. The number of rotatable bonds is 2. The summed E-state index contributed by atoms with van der Waals surface area (Å²) < 4.78 is 0. The molecule has 0 saturated heterocycles. The molecule has 1 aromatic rings. The van der Waals surface area contributed by atoms with E-state index in [1.165, 1.54) is 33.4 Å². The van der Waals surface area contributed by atoms with Gasteiger partial charge in [0.25, 0.3) is 0 Å². The molecule has 0 N–H and O–H groups in total. The molecule has 0 spiro atoms. The first-order valence-electron chi connectivity index (χ1n) is 5.14. The molecule has 0 nitrogen and oxygen atoms in total. The number of aryl methyl sites for hydroxylation is 2. The van der Waals surface area contributed by atoms with Crippen molar-refractivity contribution >= 4 is 0 Å². The summed E-state index contributed by atoms with van der Waals surface area (Å²) in [4.78, 5) is 0. The average Bonchev–Trinajstić information content (AvgIpc) is 2.09. The van der Waals surface area contributed by atoms with E-state index < -0.39 is 0 Å². The van der Waals surface area contributed by atoms with Gasteiger partial charge < -0.3 is 0 Å². The highest BCUT2D eigenvalue weighted by atomic mass is 14.1. The van der Waals surface area contributed by atoms with Crippen LogP contribution in [0.3, 0.4) is 0 Å². The van der Waals surface area contributed by atoms with Gasteiger partial charge in [0.1, 0.15) is 0 Å². The molecular weight excluding hydrogens is 168 g/mol. The third-order valence-corrected chi connectivity index (χ3v) is 3.00. The third-order valence-electron chi connectivity index (χ3n) is 3.00. The molecule has 0 heteroatoms. The predicted octanol–water partition coefficient (Wildman–Crippen LogP) is 4.04. The molecule has 0 aliphatic carbocycles. The van der Waals surface area contributed by atoms with Gasteiger partial charge in [0.05, 0.1) is 0 Å². The molecule has 0 radical (unpaired) electrons. The maximum atomic E-state index is 3.99. The predicted molar refractivity (Wildman–Crippen MR) is 63.9 cm³/mol. The van der Waals surface area contributed by atoms with Gasteiger partial charge in [-0.1, -0.05) is 18.2 Å². The monoisotopic (exact) mass is 188 g/mol. The first kappa shape index (κ1) is 11.0. The Labute approximate surface area is 87.7 Å². The molecule has 0 aliphatic heterocycles. The molecule has 0 aromatic heterocycles. The fourth-order valence-electron chi connectivity index (χ4n) is 1.87. The lowest BCUT2D eigenvalue weighted by atomic mass is 9.91. The summed E-state index contributed by atoms with van der Waals surface area (Å²) in [5.41, 5.74) is 8.34. The minimum Gasteiger partial charge on any atom is -0.0998 e. The lowest BCUT2D eigenvalue weighted by Crippen LogP contribution is -1.99. The Morgan fingerprint density at radius 2 is 1.50 bits per heavy atom. The van der Waals surface area contributed by atoms with Crippen molar-refractivity contribution < 1.29 is 0 Å². The summed E-state index contributed by atoms with van der Waals surface area (Å²) in [6, 6.07) is 2.27. The van der Waals surface area contributed by atoms with Gasteiger partial charge in [-0.3, -0.25) is 0 Å². The number of hydrogen-bond donors (Lipinski definition) is 0. The van der Waals surface area contributed by atoms with Crippen LogP contribution in [-0.2, 0) is 6.42 Å². The van der Waals surface area contributed by atoms with Crippen molar-refractivity contribution in [3.8, 4) is 0 Å². The van der Waals surface area contributed by atoms with Crippen LogP contribution in [0.2, 0.25) is 0 Å². The quantitative estimate of drug-likeness (QED) is 0.614. The molecule has 0 unspecified atom stereocenters. The third kappa shape index (κ3) is 2.06. The Hall–Kier alpha value is -1.04. The summed E-state index contributed by atoms with van der Waals surface area (Å²) in [6.07, 6.45) is 1.01. The van der Waals surface area contributed by atoms with E-state index in [2.05, 4.69) is 47.3 Å². The Morgan fingerprint density at radius 3 is 1.86 bits per heavy atom. The van der Waals surface area contributed by atoms with Crippen LogP contribution in [0.1, 0.15) is 34.7 Å². The van der Waals surface area contributed by atoms with Gasteiger partial charge in [-0.05, 0) is 68.9 Å². The largest absolute Gasteiger partial charge is 0.0998 e. The first-order chi connectivity index (χ1) is 6.43. The highest BCUT2D eigenvalue weighted by molar-refractivity contribution is 5.45. The van der Waals surface area contributed by atoms with Crippen LogP contribution in [0, 0.1) is 27.7 Å². The summed E-state index contributed by atoms with van der Waals surface area (Å²) in [5.74, 6) is 0. The van der Waals surface area contributed by atoms with Gasteiger partial charge in [-0.25, -0.2) is 0 Å². The summed E-state index contributed by atoms with van der Waals surface area (Å²) in [7, 11) is 0. The molecule has 76 valence electrons. The number of benzene rings is 1. The van der Waals surface area contributed by atoms with Crippen LogP contribution >= 0.6 is 0 Å². The van der Waals surface area contributed by atoms with Crippen molar-refractivity contribution in [3.63, 3.8) is 0 Å². The van der Waals surface area contributed by atoms with Crippen molar-refractivity contribution in [2.45, 2.75) is 41.0 Å². The van der Waals surface area contributed by atoms with Gasteiger partial charge in [0.2, 0.25) is 0 Å². The van der Waals surface area contributed by atoms with Crippen molar-refractivity contribution in [1.82, 2.24) is 0 Å². The Bertz CT molecular complexity index is 344. The van der Waals surface area contributed by atoms with Crippen molar-refractivity contribution in [1.29, 1.82) is 0 Å². The van der Waals surface area contributed by atoms with E-state index in [1.807, 2.05) is 0 Å². The van der Waals surface area contributed by atoms with Gasteiger partial charge >= 0.3 is 0 Å². The zero-order valence-corrected chi connectivity index (χ0v) is 9.99. The zero-order chi connectivity index (χ0) is 10.9. The van der Waals surface area contributed by atoms with E-state index in [0.717, 1.165) is 6.42 Å². The molecule has 0 aliphatic rings. The second-order valence-corrected chi connectivity index (χ2v) is 4.37.